The number of benzene rings is 2. The Labute approximate surface area is 151 Å². The summed E-state index contributed by atoms with van der Waals surface area (Å²) in [6, 6.07) is 12.7. The number of carbonyl (C=O) groups is 1. The Hall–Kier alpha value is -3.06. The van der Waals surface area contributed by atoms with E-state index >= 15 is 0 Å². The summed E-state index contributed by atoms with van der Waals surface area (Å²) in [7, 11) is 0. The highest BCUT2D eigenvalue weighted by Gasteiger charge is 2.33. The van der Waals surface area contributed by atoms with Crippen LogP contribution in [0.2, 0.25) is 0 Å². The number of amidine groups is 1. The van der Waals surface area contributed by atoms with Crippen molar-refractivity contribution in [3.8, 4) is 11.5 Å². The molecule has 2 aliphatic heterocycles. The van der Waals surface area contributed by atoms with Gasteiger partial charge in [-0.2, -0.15) is 0 Å². The van der Waals surface area contributed by atoms with Crippen molar-refractivity contribution in [3.05, 3.63) is 53.6 Å². The molecule has 1 N–H and O–H groups in total. The molecule has 0 aliphatic carbocycles. The van der Waals surface area contributed by atoms with E-state index in [0.717, 1.165) is 5.56 Å². The summed E-state index contributed by atoms with van der Waals surface area (Å²) in [4.78, 5) is 17.7. The van der Waals surface area contributed by atoms with Crippen LogP contribution in [0.5, 0.6) is 11.5 Å². The fourth-order valence-corrected chi connectivity index (χ4v) is 3.02. The Morgan fingerprint density at radius 3 is 2.73 bits per heavy atom. The normalized spacial score (nSPS) is 17.8. The number of nitrogens with one attached hydrogen (secondary N) is 1. The molecule has 2 aromatic carbocycles. The minimum absolute atomic E-state index is 0.172. The van der Waals surface area contributed by atoms with E-state index in [1.54, 1.807) is 19.1 Å². The molecule has 2 aliphatic rings. The first-order valence-electron chi connectivity index (χ1n) is 8.43. The summed E-state index contributed by atoms with van der Waals surface area (Å²) in [6.07, 6.45) is -0.654. The minimum atomic E-state index is -0.654. The molecule has 1 atom stereocenters. The van der Waals surface area contributed by atoms with Crippen LogP contribution in [0, 0.1) is 0 Å². The fraction of sp³-hybridized carbons (Fsp3) is 0.263. The number of hydrogen-bond acceptors (Lipinski definition) is 6. The lowest BCUT2D eigenvalue weighted by Crippen LogP contribution is -2.47. The third-order valence-corrected chi connectivity index (χ3v) is 4.16. The third-order valence-electron chi connectivity index (χ3n) is 4.16. The first-order valence-corrected chi connectivity index (χ1v) is 8.43. The molecule has 7 nitrogen and oxygen atoms in total. The summed E-state index contributed by atoms with van der Waals surface area (Å²) in [6.45, 7) is 4.29. The van der Waals surface area contributed by atoms with Gasteiger partial charge in [0.25, 0.3) is 5.91 Å². The van der Waals surface area contributed by atoms with Crippen molar-refractivity contribution in [1.29, 1.82) is 0 Å². The second-order valence-electron chi connectivity index (χ2n) is 5.92. The maximum absolute atomic E-state index is 13.1. The molecule has 0 spiro atoms. The van der Waals surface area contributed by atoms with Crippen molar-refractivity contribution in [2.24, 2.45) is 4.99 Å². The number of amides is 1. The second kappa shape index (κ2) is 6.68. The highest BCUT2D eigenvalue weighted by atomic mass is 16.7. The molecule has 0 aromatic heterocycles. The predicted molar refractivity (Wildman–Crippen MR) is 95.4 cm³/mol. The SMILES string of the molecule is CCOC1c2cc3c(cc2N=C(C)NN1C(=O)c1ccccc1)OCO3. The first-order chi connectivity index (χ1) is 12.7. The third kappa shape index (κ3) is 2.86. The van der Waals surface area contributed by atoms with E-state index in [1.807, 2.05) is 37.3 Å². The van der Waals surface area contributed by atoms with Gasteiger partial charge < -0.3 is 14.2 Å². The van der Waals surface area contributed by atoms with Gasteiger partial charge >= 0.3 is 0 Å². The van der Waals surface area contributed by atoms with E-state index in [2.05, 4.69) is 10.4 Å². The fourth-order valence-electron chi connectivity index (χ4n) is 3.02. The van der Waals surface area contributed by atoms with Crippen molar-refractivity contribution in [2.75, 3.05) is 13.4 Å². The molecular weight excluding hydrogens is 334 g/mol. The number of rotatable bonds is 3. The number of nitrogens with zero attached hydrogens (tertiary/aromatic N) is 2. The maximum atomic E-state index is 13.1. The summed E-state index contributed by atoms with van der Waals surface area (Å²) in [5, 5.41) is 1.46. The molecule has 0 radical (unpaired) electrons. The van der Waals surface area contributed by atoms with Crippen LogP contribution in [0.1, 0.15) is 36.0 Å². The Kier molecular flexibility index (Phi) is 4.22. The van der Waals surface area contributed by atoms with E-state index in [-0.39, 0.29) is 12.7 Å². The topological polar surface area (TPSA) is 72.4 Å². The highest BCUT2D eigenvalue weighted by molar-refractivity contribution is 5.97. The van der Waals surface area contributed by atoms with Crippen LogP contribution in [0.15, 0.2) is 47.5 Å². The maximum Gasteiger partial charge on any atom is 0.274 e. The Bertz CT molecular complexity index is 867. The molecular formula is C19H19N3O4. The smallest absolute Gasteiger partial charge is 0.274 e. The van der Waals surface area contributed by atoms with Gasteiger partial charge in [-0.05, 0) is 32.0 Å². The van der Waals surface area contributed by atoms with E-state index in [4.69, 9.17) is 14.2 Å². The lowest BCUT2D eigenvalue weighted by molar-refractivity contribution is -0.0540. The number of fused-ring (bicyclic) bond motifs is 2. The van der Waals surface area contributed by atoms with E-state index in [0.29, 0.717) is 35.2 Å². The number of ether oxygens (including phenoxy) is 3. The zero-order valence-corrected chi connectivity index (χ0v) is 14.6. The van der Waals surface area contributed by atoms with Crippen molar-refractivity contribution < 1.29 is 19.0 Å². The van der Waals surface area contributed by atoms with Crippen molar-refractivity contribution in [2.45, 2.75) is 20.1 Å². The van der Waals surface area contributed by atoms with Crippen LogP contribution in [0.4, 0.5) is 5.69 Å². The van der Waals surface area contributed by atoms with Gasteiger partial charge in [0.15, 0.2) is 17.7 Å². The van der Waals surface area contributed by atoms with Crippen LogP contribution in [0.25, 0.3) is 0 Å². The molecule has 4 rings (SSSR count). The molecule has 2 aromatic rings. The predicted octanol–water partition coefficient (Wildman–Crippen LogP) is 3.16. The second-order valence-corrected chi connectivity index (χ2v) is 5.92. The number of hydrazine groups is 1. The van der Waals surface area contributed by atoms with Gasteiger partial charge in [-0.3, -0.25) is 10.2 Å². The number of aliphatic imine (C=N–C) groups is 1. The molecule has 0 saturated heterocycles. The molecule has 0 fully saturated rings. The monoisotopic (exact) mass is 353 g/mol. The Balaban J connectivity index is 1.80. The lowest BCUT2D eigenvalue weighted by atomic mass is 10.1. The number of hydrogen-bond donors (Lipinski definition) is 1. The summed E-state index contributed by atoms with van der Waals surface area (Å²) in [5.41, 5.74) is 5.04. The summed E-state index contributed by atoms with van der Waals surface area (Å²) < 4.78 is 16.9. The zero-order chi connectivity index (χ0) is 18.1. The van der Waals surface area contributed by atoms with Crippen LogP contribution >= 0.6 is 0 Å². The largest absolute Gasteiger partial charge is 0.454 e. The van der Waals surface area contributed by atoms with Crippen LogP contribution in [-0.2, 0) is 4.74 Å². The van der Waals surface area contributed by atoms with E-state index in [1.165, 1.54) is 5.01 Å². The van der Waals surface area contributed by atoms with Gasteiger partial charge in [-0.1, -0.05) is 18.2 Å². The Morgan fingerprint density at radius 2 is 2.00 bits per heavy atom. The van der Waals surface area contributed by atoms with Gasteiger partial charge in [0, 0.05) is 23.8 Å². The van der Waals surface area contributed by atoms with E-state index in [9.17, 15) is 4.79 Å². The standard InChI is InChI=1S/C19H19N3O4/c1-3-24-19-14-9-16-17(26-11-25-16)10-15(14)20-12(2)21-22(19)18(23)13-7-5-4-6-8-13/h4-10,19H,3,11H2,1-2H3,(H,20,21). The average Bonchev–Trinajstić information content (AvgIpc) is 3.06. The van der Waals surface area contributed by atoms with Gasteiger partial charge in [-0.25, -0.2) is 10.0 Å². The molecule has 134 valence electrons. The lowest BCUT2D eigenvalue weighted by Gasteiger charge is -2.31. The molecule has 0 saturated carbocycles. The summed E-state index contributed by atoms with van der Waals surface area (Å²) >= 11 is 0. The van der Waals surface area contributed by atoms with Gasteiger partial charge in [0.05, 0.1) is 5.69 Å². The summed E-state index contributed by atoms with van der Waals surface area (Å²) in [5.74, 6) is 1.63. The first kappa shape index (κ1) is 16.4. The molecule has 0 bridgehead atoms. The zero-order valence-electron chi connectivity index (χ0n) is 14.6. The van der Waals surface area contributed by atoms with Crippen LogP contribution < -0.4 is 14.9 Å². The molecule has 26 heavy (non-hydrogen) atoms. The van der Waals surface area contributed by atoms with Crippen molar-refractivity contribution >= 4 is 17.4 Å². The van der Waals surface area contributed by atoms with Gasteiger partial charge in [0.1, 0.15) is 5.84 Å². The van der Waals surface area contributed by atoms with Crippen LogP contribution in [-0.4, -0.2) is 30.2 Å². The van der Waals surface area contributed by atoms with E-state index < -0.39 is 6.23 Å². The van der Waals surface area contributed by atoms with Crippen LogP contribution in [0.3, 0.4) is 0 Å². The van der Waals surface area contributed by atoms with Crippen molar-refractivity contribution in [3.63, 3.8) is 0 Å². The molecule has 1 unspecified atom stereocenters. The van der Waals surface area contributed by atoms with Crippen molar-refractivity contribution in [1.82, 2.24) is 10.4 Å². The quantitative estimate of drug-likeness (QED) is 0.918. The molecule has 7 heteroatoms. The molecule has 2 heterocycles. The highest BCUT2D eigenvalue weighted by Crippen LogP contribution is 2.43. The average molecular weight is 353 g/mol. The van der Waals surface area contributed by atoms with Gasteiger partial charge in [0.2, 0.25) is 6.79 Å². The number of carbonyl (C=O) groups excluding carboxylic acids is 1. The minimum Gasteiger partial charge on any atom is -0.454 e. The van der Waals surface area contributed by atoms with Gasteiger partial charge in [-0.15, -0.1) is 0 Å². The Morgan fingerprint density at radius 1 is 1.27 bits per heavy atom. The molecule has 1 amide bonds.